The number of aliphatic hydroxyl groups is 1. The third-order valence-corrected chi connectivity index (χ3v) is 4.72. The molecule has 8 heteroatoms. The average molecular weight is 366 g/mol. The molecule has 1 fully saturated rings. The van der Waals surface area contributed by atoms with Crippen LogP contribution in [-0.2, 0) is 11.8 Å². The molecule has 0 spiro atoms. The molecule has 2 aromatic rings. The Labute approximate surface area is 149 Å². The van der Waals surface area contributed by atoms with Crippen LogP contribution in [0.2, 0.25) is 0 Å². The van der Waals surface area contributed by atoms with Gasteiger partial charge in [-0.2, -0.15) is 13.2 Å². The number of rotatable bonds is 3. The van der Waals surface area contributed by atoms with E-state index in [1.54, 1.807) is 19.4 Å². The van der Waals surface area contributed by atoms with Crippen molar-refractivity contribution in [2.45, 2.75) is 43.6 Å². The molecule has 0 amide bonds. The molecule has 1 saturated heterocycles. The molecule has 1 aromatic carbocycles. The first-order valence-corrected chi connectivity index (χ1v) is 8.37. The van der Waals surface area contributed by atoms with Gasteiger partial charge in [0.15, 0.2) is 0 Å². The van der Waals surface area contributed by atoms with E-state index in [1.165, 1.54) is 12.1 Å². The summed E-state index contributed by atoms with van der Waals surface area (Å²) in [7, 11) is 1.72. The fraction of sp³-hybridized carbons (Fsp3) is 0.444. The van der Waals surface area contributed by atoms with Gasteiger partial charge >= 0.3 is 6.18 Å². The summed E-state index contributed by atoms with van der Waals surface area (Å²) in [6.45, 7) is 1.93. The lowest BCUT2D eigenvalue weighted by atomic mass is 9.77. The summed E-state index contributed by atoms with van der Waals surface area (Å²) < 4.78 is 38.3. The van der Waals surface area contributed by atoms with Gasteiger partial charge in [0.05, 0.1) is 11.2 Å². The quantitative estimate of drug-likeness (QED) is 0.778. The lowest BCUT2D eigenvalue weighted by Crippen LogP contribution is -2.46. The van der Waals surface area contributed by atoms with Gasteiger partial charge in [0.2, 0.25) is 5.95 Å². The fourth-order valence-electron chi connectivity index (χ4n) is 3.46. The highest BCUT2D eigenvalue weighted by Crippen LogP contribution is 2.40. The molecular formula is C18H21F3N4O. The Morgan fingerprint density at radius 2 is 1.77 bits per heavy atom. The maximum atomic E-state index is 12.8. The molecule has 0 radical (unpaired) electrons. The van der Waals surface area contributed by atoms with Crippen LogP contribution < -0.4 is 10.6 Å². The summed E-state index contributed by atoms with van der Waals surface area (Å²) in [6, 6.07) is 4.53. The van der Waals surface area contributed by atoms with Crippen LogP contribution in [0.4, 0.5) is 19.1 Å². The minimum absolute atomic E-state index is 0.0231. The molecule has 2 heterocycles. The normalized spacial score (nSPS) is 26.5. The maximum absolute atomic E-state index is 12.8. The van der Waals surface area contributed by atoms with Crippen molar-refractivity contribution >= 4 is 5.95 Å². The molecule has 1 aromatic heterocycles. The summed E-state index contributed by atoms with van der Waals surface area (Å²) in [5.74, 6) is 0.496. The summed E-state index contributed by atoms with van der Waals surface area (Å²) in [6.07, 6.45) is -0.295. The van der Waals surface area contributed by atoms with Crippen molar-refractivity contribution in [3.8, 4) is 0 Å². The molecular weight excluding hydrogens is 345 g/mol. The van der Waals surface area contributed by atoms with Crippen molar-refractivity contribution in [3.63, 3.8) is 0 Å². The number of alkyl halides is 3. The van der Waals surface area contributed by atoms with Crippen LogP contribution in [0, 0.1) is 0 Å². The molecule has 1 aliphatic rings. The zero-order valence-electron chi connectivity index (χ0n) is 14.5. The van der Waals surface area contributed by atoms with Gasteiger partial charge in [-0.05, 0) is 37.5 Å². The Morgan fingerprint density at radius 3 is 2.31 bits per heavy atom. The second-order valence-corrected chi connectivity index (χ2v) is 6.73. The number of nitrogens with zero attached hydrogens (tertiary/aromatic N) is 2. The predicted octanol–water partition coefficient (Wildman–Crippen LogP) is 3.24. The minimum atomic E-state index is -4.39. The number of piperidine rings is 1. The first-order chi connectivity index (χ1) is 12.2. The van der Waals surface area contributed by atoms with Gasteiger partial charge in [0.1, 0.15) is 0 Å². The number of aromatic nitrogens is 2. The zero-order valence-corrected chi connectivity index (χ0v) is 14.5. The number of hydrogen-bond donors (Lipinski definition) is 3. The molecule has 3 atom stereocenters. The highest BCUT2D eigenvalue weighted by Gasteiger charge is 2.40. The van der Waals surface area contributed by atoms with Crippen LogP contribution in [0.5, 0.6) is 0 Å². The van der Waals surface area contributed by atoms with Crippen LogP contribution in [0.1, 0.15) is 42.5 Å². The van der Waals surface area contributed by atoms with Gasteiger partial charge in [0.25, 0.3) is 0 Å². The van der Waals surface area contributed by atoms with E-state index in [2.05, 4.69) is 20.6 Å². The topological polar surface area (TPSA) is 70.1 Å². The first-order valence-electron chi connectivity index (χ1n) is 8.37. The van der Waals surface area contributed by atoms with E-state index in [-0.39, 0.29) is 12.1 Å². The van der Waals surface area contributed by atoms with Gasteiger partial charge in [-0.15, -0.1) is 0 Å². The van der Waals surface area contributed by atoms with Crippen molar-refractivity contribution in [1.29, 1.82) is 0 Å². The molecule has 1 unspecified atom stereocenters. The number of benzene rings is 1. The van der Waals surface area contributed by atoms with E-state index in [4.69, 9.17) is 0 Å². The van der Waals surface area contributed by atoms with Crippen molar-refractivity contribution in [3.05, 3.63) is 53.3 Å². The molecule has 140 valence electrons. The molecule has 5 nitrogen and oxygen atoms in total. The third-order valence-electron chi connectivity index (χ3n) is 4.72. The summed E-state index contributed by atoms with van der Waals surface area (Å²) in [5, 5.41) is 17.4. The van der Waals surface area contributed by atoms with Crippen LogP contribution >= 0.6 is 0 Å². The summed E-state index contributed by atoms with van der Waals surface area (Å²) in [5.41, 5.74) is -0.641. The first kappa shape index (κ1) is 18.6. The highest BCUT2D eigenvalue weighted by atomic mass is 19.4. The monoisotopic (exact) mass is 366 g/mol. The Kier molecular flexibility index (Phi) is 4.90. The van der Waals surface area contributed by atoms with Crippen LogP contribution in [-0.4, -0.2) is 28.2 Å². The van der Waals surface area contributed by atoms with Gasteiger partial charge in [-0.25, -0.2) is 9.97 Å². The molecule has 3 rings (SSSR count). The predicted molar refractivity (Wildman–Crippen MR) is 91.5 cm³/mol. The lowest BCUT2D eigenvalue weighted by Gasteiger charge is -2.41. The number of anilines is 1. The van der Waals surface area contributed by atoms with Crippen molar-refractivity contribution < 1.29 is 18.3 Å². The van der Waals surface area contributed by atoms with Gasteiger partial charge in [-0.1, -0.05) is 12.1 Å². The van der Waals surface area contributed by atoms with Crippen LogP contribution in [0.25, 0.3) is 0 Å². The minimum Gasteiger partial charge on any atom is -0.385 e. The Morgan fingerprint density at radius 1 is 1.15 bits per heavy atom. The van der Waals surface area contributed by atoms with Gasteiger partial charge < -0.3 is 15.7 Å². The molecule has 3 N–H and O–H groups in total. The van der Waals surface area contributed by atoms with Crippen molar-refractivity contribution in [2.24, 2.45) is 0 Å². The molecule has 1 aliphatic heterocycles. The van der Waals surface area contributed by atoms with E-state index in [9.17, 15) is 18.3 Å². The molecule has 26 heavy (non-hydrogen) atoms. The van der Waals surface area contributed by atoms with E-state index >= 15 is 0 Å². The smallest absolute Gasteiger partial charge is 0.385 e. The van der Waals surface area contributed by atoms with Gasteiger partial charge in [0, 0.05) is 37.1 Å². The molecule has 0 aliphatic carbocycles. The van der Waals surface area contributed by atoms with Crippen LogP contribution in [0.15, 0.2) is 36.7 Å². The number of hydrogen-bond acceptors (Lipinski definition) is 5. The van der Waals surface area contributed by atoms with E-state index in [1.807, 2.05) is 6.92 Å². The lowest BCUT2D eigenvalue weighted by molar-refractivity contribution is -0.137. The second-order valence-electron chi connectivity index (χ2n) is 6.73. The van der Waals surface area contributed by atoms with Crippen LogP contribution in [0.3, 0.4) is 0 Å². The maximum Gasteiger partial charge on any atom is 0.416 e. The molecule has 0 saturated carbocycles. The fourth-order valence-corrected chi connectivity index (χ4v) is 3.46. The summed E-state index contributed by atoms with van der Waals surface area (Å²) in [4.78, 5) is 8.38. The number of halogens is 3. The summed E-state index contributed by atoms with van der Waals surface area (Å²) >= 11 is 0. The standard InChI is InChI=1S/C18H21F3N4O/c1-11-7-17(26,13-3-5-14(6-4-13)18(19,20)21)8-15(25-11)12-9-23-16(22-2)24-10-12/h3-6,9-11,15,25-26H,7-8H2,1-2H3,(H,22,23,24)/t11-,15-,17?/m0/s1. The van der Waals surface area contributed by atoms with Gasteiger partial charge in [-0.3, -0.25) is 0 Å². The van der Waals surface area contributed by atoms with Crippen molar-refractivity contribution in [2.75, 3.05) is 12.4 Å². The largest absolute Gasteiger partial charge is 0.416 e. The van der Waals surface area contributed by atoms with E-state index in [0.29, 0.717) is 24.4 Å². The Hall–Kier alpha value is -2.19. The molecule has 0 bridgehead atoms. The second kappa shape index (κ2) is 6.85. The van der Waals surface area contributed by atoms with Crippen molar-refractivity contribution in [1.82, 2.24) is 15.3 Å². The number of nitrogens with one attached hydrogen (secondary N) is 2. The SMILES string of the molecule is CNc1ncc([C@@H]2CC(O)(c3ccc(C(F)(F)F)cc3)C[C@H](C)N2)cn1. The Bertz CT molecular complexity index is 749. The Balaban J connectivity index is 1.85. The average Bonchev–Trinajstić information content (AvgIpc) is 2.60. The van der Waals surface area contributed by atoms with E-state index in [0.717, 1.165) is 17.7 Å². The zero-order chi connectivity index (χ0) is 18.9. The van der Waals surface area contributed by atoms with E-state index < -0.39 is 17.3 Å². The third kappa shape index (κ3) is 3.81. The highest BCUT2D eigenvalue weighted by molar-refractivity contribution is 5.31.